The number of pyridine rings is 1. The maximum Gasteiger partial charge on any atom is 0.168 e. The maximum absolute atomic E-state index is 13.6. The second-order valence-electron chi connectivity index (χ2n) is 4.96. The van der Waals surface area contributed by atoms with E-state index in [1.807, 2.05) is 0 Å². The molecule has 2 rings (SSSR count). The highest BCUT2D eigenvalue weighted by atomic mass is 19.1. The summed E-state index contributed by atoms with van der Waals surface area (Å²) in [5.74, 6) is -1.40. The van der Waals surface area contributed by atoms with Crippen LogP contribution in [-0.2, 0) is 0 Å². The molecule has 100 valence electrons. The average molecular weight is 256 g/mol. The molecule has 1 aromatic heterocycles. The van der Waals surface area contributed by atoms with Gasteiger partial charge in [0.2, 0.25) is 0 Å². The second-order valence-corrected chi connectivity index (χ2v) is 4.96. The molecule has 1 aromatic rings. The van der Waals surface area contributed by atoms with Crippen LogP contribution in [0.5, 0.6) is 0 Å². The van der Waals surface area contributed by atoms with Crippen LogP contribution in [0.4, 0.5) is 20.4 Å². The van der Waals surface area contributed by atoms with Crippen LogP contribution in [-0.4, -0.2) is 36.1 Å². The normalized spacial score (nSPS) is 25.1. The van der Waals surface area contributed by atoms with Crippen molar-refractivity contribution in [3.63, 3.8) is 0 Å². The summed E-state index contributed by atoms with van der Waals surface area (Å²) in [4.78, 5) is 5.95. The van der Waals surface area contributed by atoms with E-state index in [4.69, 9.17) is 5.73 Å². The third-order valence-corrected chi connectivity index (χ3v) is 3.39. The largest absolute Gasteiger partial charge is 0.381 e. The van der Waals surface area contributed by atoms with Crippen LogP contribution in [0, 0.1) is 17.6 Å². The van der Waals surface area contributed by atoms with E-state index in [0.717, 1.165) is 25.6 Å². The van der Waals surface area contributed by atoms with Gasteiger partial charge in [-0.25, -0.2) is 13.8 Å². The molecule has 1 aliphatic heterocycles. The lowest BCUT2D eigenvalue weighted by Gasteiger charge is -2.35. The number of anilines is 2. The molecule has 0 radical (unpaired) electrons. The van der Waals surface area contributed by atoms with Crippen LogP contribution >= 0.6 is 0 Å². The Balaban J connectivity index is 2.12. The number of aromatic nitrogens is 1. The van der Waals surface area contributed by atoms with E-state index in [9.17, 15) is 8.78 Å². The molecule has 2 atom stereocenters. The Hall–Kier alpha value is -1.43. The van der Waals surface area contributed by atoms with E-state index in [-0.39, 0.29) is 17.7 Å². The Morgan fingerprint density at radius 2 is 2.17 bits per heavy atom. The smallest absolute Gasteiger partial charge is 0.168 e. The molecule has 3 N–H and O–H groups in total. The van der Waals surface area contributed by atoms with Crippen molar-refractivity contribution >= 4 is 11.6 Å². The first-order valence-electron chi connectivity index (χ1n) is 6.04. The van der Waals surface area contributed by atoms with Gasteiger partial charge in [-0.1, -0.05) is 6.92 Å². The van der Waals surface area contributed by atoms with Crippen molar-refractivity contribution in [2.75, 3.05) is 31.2 Å². The highest BCUT2D eigenvalue weighted by molar-refractivity contribution is 5.45. The summed E-state index contributed by atoms with van der Waals surface area (Å²) in [6.07, 6.45) is 0.899. The highest BCUT2D eigenvalue weighted by Crippen LogP contribution is 2.22. The van der Waals surface area contributed by atoms with E-state index in [1.165, 1.54) is 0 Å². The maximum atomic E-state index is 13.6. The van der Waals surface area contributed by atoms with Crippen molar-refractivity contribution in [2.45, 2.75) is 19.4 Å². The van der Waals surface area contributed by atoms with Crippen molar-refractivity contribution in [1.82, 2.24) is 9.88 Å². The van der Waals surface area contributed by atoms with E-state index in [0.29, 0.717) is 5.92 Å². The van der Waals surface area contributed by atoms with Gasteiger partial charge in [-0.15, -0.1) is 0 Å². The summed E-state index contributed by atoms with van der Waals surface area (Å²) >= 11 is 0. The van der Waals surface area contributed by atoms with Crippen molar-refractivity contribution in [1.29, 1.82) is 0 Å². The predicted octanol–water partition coefficient (Wildman–Crippen LogP) is 1.69. The number of nitrogens with zero attached hydrogens (tertiary/aromatic N) is 2. The average Bonchev–Trinajstić information content (AvgIpc) is 2.29. The Morgan fingerprint density at radius 1 is 1.44 bits per heavy atom. The minimum atomic E-state index is -0.825. The Labute approximate surface area is 105 Å². The van der Waals surface area contributed by atoms with E-state index >= 15 is 0 Å². The number of rotatable bonds is 2. The van der Waals surface area contributed by atoms with E-state index in [1.54, 1.807) is 0 Å². The number of hydrogen-bond donors (Lipinski definition) is 2. The lowest BCUT2D eigenvalue weighted by atomic mass is 9.94. The van der Waals surface area contributed by atoms with Gasteiger partial charge < -0.3 is 16.0 Å². The standard InChI is InChI=1S/C12H18F2N4/c1-7-6-18(2)4-3-10(7)16-12-9(14)5-8(13)11(15)17-12/h5,7,10H,3-4,6H2,1-2H3,(H3,15,16,17). The Morgan fingerprint density at radius 3 is 2.83 bits per heavy atom. The van der Waals surface area contributed by atoms with Gasteiger partial charge in [-0.2, -0.15) is 0 Å². The summed E-state index contributed by atoms with van der Waals surface area (Å²) < 4.78 is 26.6. The zero-order valence-electron chi connectivity index (χ0n) is 10.6. The summed E-state index contributed by atoms with van der Waals surface area (Å²) in [7, 11) is 2.06. The Bertz CT molecular complexity index is 438. The molecule has 0 amide bonds. The summed E-state index contributed by atoms with van der Waals surface area (Å²) in [5.41, 5.74) is 5.35. The Kier molecular flexibility index (Phi) is 3.65. The fourth-order valence-corrected chi connectivity index (χ4v) is 2.33. The quantitative estimate of drug-likeness (QED) is 0.845. The minimum Gasteiger partial charge on any atom is -0.381 e. The van der Waals surface area contributed by atoms with Crippen molar-refractivity contribution in [3.05, 3.63) is 17.7 Å². The number of nitrogen functional groups attached to an aromatic ring is 1. The van der Waals surface area contributed by atoms with Gasteiger partial charge in [0.25, 0.3) is 0 Å². The number of hydrogen-bond acceptors (Lipinski definition) is 4. The number of nitrogens with two attached hydrogens (primary N) is 1. The molecular formula is C12H18F2N4. The van der Waals surface area contributed by atoms with Crippen LogP contribution in [0.2, 0.25) is 0 Å². The molecule has 18 heavy (non-hydrogen) atoms. The number of piperidine rings is 1. The third kappa shape index (κ3) is 2.69. The molecule has 4 nitrogen and oxygen atoms in total. The zero-order valence-corrected chi connectivity index (χ0v) is 10.6. The van der Waals surface area contributed by atoms with Gasteiger partial charge in [0.1, 0.15) is 0 Å². The molecular weight excluding hydrogens is 238 g/mol. The van der Waals surface area contributed by atoms with Gasteiger partial charge in [0, 0.05) is 18.7 Å². The molecule has 6 heteroatoms. The summed E-state index contributed by atoms with van der Waals surface area (Å²) in [6, 6.07) is 0.901. The summed E-state index contributed by atoms with van der Waals surface area (Å²) in [6.45, 7) is 3.98. The first-order valence-corrected chi connectivity index (χ1v) is 6.04. The van der Waals surface area contributed by atoms with Gasteiger partial charge in [-0.3, -0.25) is 0 Å². The van der Waals surface area contributed by atoms with Crippen LogP contribution in [0.25, 0.3) is 0 Å². The van der Waals surface area contributed by atoms with Crippen LogP contribution < -0.4 is 11.1 Å². The molecule has 1 fully saturated rings. The number of nitrogens with one attached hydrogen (secondary N) is 1. The van der Waals surface area contributed by atoms with Gasteiger partial charge in [0.05, 0.1) is 0 Å². The third-order valence-electron chi connectivity index (χ3n) is 3.39. The lowest BCUT2D eigenvalue weighted by Crippen LogP contribution is -2.43. The van der Waals surface area contributed by atoms with Crippen LogP contribution in [0.3, 0.4) is 0 Å². The predicted molar refractivity (Wildman–Crippen MR) is 67.3 cm³/mol. The zero-order chi connectivity index (χ0) is 13.3. The van der Waals surface area contributed by atoms with Gasteiger partial charge >= 0.3 is 0 Å². The van der Waals surface area contributed by atoms with Crippen molar-refractivity contribution in [2.24, 2.45) is 5.92 Å². The van der Waals surface area contributed by atoms with Crippen molar-refractivity contribution in [3.8, 4) is 0 Å². The van der Waals surface area contributed by atoms with E-state index < -0.39 is 11.6 Å². The molecule has 0 aliphatic carbocycles. The molecule has 0 saturated carbocycles. The number of halogens is 2. The monoisotopic (exact) mass is 256 g/mol. The van der Waals surface area contributed by atoms with Gasteiger partial charge in [-0.05, 0) is 25.9 Å². The second kappa shape index (κ2) is 5.06. The van der Waals surface area contributed by atoms with E-state index in [2.05, 4.69) is 29.2 Å². The molecule has 1 aliphatic rings. The highest BCUT2D eigenvalue weighted by Gasteiger charge is 2.25. The minimum absolute atomic E-state index is 0.0373. The molecule has 2 unspecified atom stereocenters. The lowest BCUT2D eigenvalue weighted by molar-refractivity contribution is 0.205. The molecule has 2 heterocycles. The van der Waals surface area contributed by atoms with Crippen LogP contribution in [0.1, 0.15) is 13.3 Å². The fraction of sp³-hybridized carbons (Fsp3) is 0.583. The molecule has 1 saturated heterocycles. The number of likely N-dealkylation sites (tertiary alicyclic amines) is 1. The SMILES string of the molecule is CC1CN(C)CCC1Nc1nc(N)c(F)cc1F. The first kappa shape index (κ1) is 13.0. The summed E-state index contributed by atoms with van der Waals surface area (Å²) in [5, 5.41) is 3.03. The van der Waals surface area contributed by atoms with Crippen molar-refractivity contribution < 1.29 is 8.78 Å². The molecule has 0 bridgehead atoms. The first-order chi connectivity index (χ1) is 8.47. The fourth-order valence-electron chi connectivity index (χ4n) is 2.33. The molecule has 0 spiro atoms. The van der Waals surface area contributed by atoms with Crippen LogP contribution in [0.15, 0.2) is 6.07 Å². The topological polar surface area (TPSA) is 54.2 Å². The van der Waals surface area contributed by atoms with Gasteiger partial charge in [0.15, 0.2) is 23.3 Å². The molecule has 0 aromatic carbocycles.